The van der Waals surface area contributed by atoms with Crippen molar-refractivity contribution in [3.8, 4) is 11.1 Å². The Balaban J connectivity index is 1.40. The van der Waals surface area contributed by atoms with Gasteiger partial charge in [-0.25, -0.2) is 16.8 Å². The molecule has 42 heavy (non-hydrogen) atoms. The molecule has 0 radical (unpaired) electrons. The molecule has 0 aliphatic heterocycles. The number of nitrogens with zero attached hydrogens (tertiary/aromatic N) is 2. The quantitative estimate of drug-likeness (QED) is 0.180. The molecule has 1 heterocycles. The summed E-state index contributed by atoms with van der Waals surface area (Å²) in [4.78, 5) is 4.80. The topological polar surface area (TPSA) is 84.4 Å². The Labute approximate surface area is 247 Å². The highest BCUT2D eigenvalue weighted by molar-refractivity contribution is 7.95. The fourth-order valence-electron chi connectivity index (χ4n) is 5.08. The van der Waals surface area contributed by atoms with E-state index in [1.165, 1.54) is 52.4 Å². The molecule has 4 aromatic carbocycles. The van der Waals surface area contributed by atoms with Gasteiger partial charge in [-0.15, -0.1) is 0 Å². The van der Waals surface area contributed by atoms with Gasteiger partial charge in [-0.2, -0.15) is 0 Å². The van der Waals surface area contributed by atoms with Gasteiger partial charge in [0.05, 0.1) is 28.1 Å². The Morgan fingerprint density at radius 1 is 0.833 bits per heavy atom. The Morgan fingerprint density at radius 3 is 2.31 bits per heavy atom. The van der Waals surface area contributed by atoms with E-state index in [4.69, 9.17) is 0 Å². The lowest BCUT2D eigenvalue weighted by atomic mass is 9.96. The summed E-state index contributed by atoms with van der Waals surface area (Å²) in [5, 5.41) is 2.27. The van der Waals surface area contributed by atoms with Crippen LogP contribution in [0.5, 0.6) is 0 Å². The van der Waals surface area contributed by atoms with E-state index in [0.717, 1.165) is 39.4 Å². The molecule has 0 amide bonds. The molecule has 1 aliphatic rings. The first kappa shape index (κ1) is 27.9. The molecule has 0 unspecified atom stereocenters. The molecular weight excluding hydrogens is 565 g/mol. The monoisotopic (exact) mass is 594 g/mol. The number of hydrogen-bond acceptors (Lipinski definition) is 5. The average molecular weight is 595 g/mol. The van der Waals surface area contributed by atoms with Crippen LogP contribution in [0.25, 0.3) is 28.1 Å². The van der Waals surface area contributed by atoms with Crippen molar-refractivity contribution >= 4 is 42.5 Å². The Kier molecular flexibility index (Phi) is 7.43. The van der Waals surface area contributed by atoms with Gasteiger partial charge in [0.2, 0.25) is 0 Å². The number of benzene rings is 4. The minimum Gasteiger partial charge on any atom is -0.262 e. The fraction of sp³-hybridized carbons (Fsp3) is 0.147. The Hall–Kier alpha value is -4.27. The first-order valence-corrected chi connectivity index (χ1v) is 17.1. The van der Waals surface area contributed by atoms with Crippen molar-refractivity contribution in [2.24, 2.45) is 0 Å². The van der Waals surface area contributed by atoms with Crippen molar-refractivity contribution in [1.29, 1.82) is 0 Å². The standard InChI is InChI=1S/C34H30N2O4S2/c1-41(37,38)32-16-14-31(15-17-32)36(42(39,40)20-18-25-7-3-2-4-8-25)24-26-9-5-10-28(21-26)33-23-30(27-12-13-27)22-29-11-6-19-35-34(29)33/h2-11,14-23,27H,12-13,24H2,1H3/b20-18+. The van der Waals surface area contributed by atoms with E-state index in [1.807, 2.05) is 60.7 Å². The van der Waals surface area contributed by atoms with Crippen molar-refractivity contribution in [3.63, 3.8) is 0 Å². The SMILES string of the molecule is CS(=O)(=O)c1ccc(N(Cc2cccc(-c3cc(C4CC4)cc4cccnc34)c2)S(=O)(=O)/C=C/c2ccccc2)cc1. The highest BCUT2D eigenvalue weighted by Crippen LogP contribution is 2.43. The van der Waals surface area contributed by atoms with Crippen LogP contribution in [0.4, 0.5) is 5.69 Å². The highest BCUT2D eigenvalue weighted by Gasteiger charge is 2.25. The van der Waals surface area contributed by atoms with Crippen LogP contribution in [-0.4, -0.2) is 28.1 Å². The summed E-state index contributed by atoms with van der Waals surface area (Å²) in [6.07, 6.45) is 6.85. The molecule has 1 saturated carbocycles. The van der Waals surface area contributed by atoms with Gasteiger partial charge in [-0.05, 0) is 95.6 Å². The van der Waals surface area contributed by atoms with Crippen LogP contribution in [0.1, 0.15) is 35.4 Å². The number of pyridine rings is 1. The second-order valence-corrected chi connectivity index (χ2v) is 14.4. The van der Waals surface area contributed by atoms with Crippen molar-refractivity contribution in [2.75, 3.05) is 10.6 Å². The first-order chi connectivity index (χ1) is 20.2. The lowest BCUT2D eigenvalue weighted by Crippen LogP contribution is -2.28. The molecule has 1 aromatic heterocycles. The van der Waals surface area contributed by atoms with Crippen molar-refractivity contribution in [2.45, 2.75) is 30.2 Å². The van der Waals surface area contributed by atoms with Gasteiger partial charge in [0.25, 0.3) is 10.0 Å². The van der Waals surface area contributed by atoms with Crippen LogP contribution in [0.15, 0.2) is 120 Å². The van der Waals surface area contributed by atoms with E-state index in [-0.39, 0.29) is 11.4 Å². The molecule has 6 rings (SSSR count). The zero-order chi connectivity index (χ0) is 29.3. The van der Waals surface area contributed by atoms with Gasteiger partial charge in [0.15, 0.2) is 9.84 Å². The number of sulfonamides is 1. The lowest BCUT2D eigenvalue weighted by Gasteiger charge is -2.23. The Bertz CT molecular complexity index is 2000. The molecule has 1 aliphatic carbocycles. The van der Waals surface area contributed by atoms with Crippen LogP contribution in [-0.2, 0) is 26.4 Å². The van der Waals surface area contributed by atoms with E-state index < -0.39 is 19.9 Å². The molecule has 0 saturated heterocycles. The zero-order valence-corrected chi connectivity index (χ0v) is 24.7. The minimum absolute atomic E-state index is 0.0567. The predicted octanol–water partition coefficient (Wildman–Crippen LogP) is 7.19. The number of sulfone groups is 1. The van der Waals surface area contributed by atoms with Gasteiger partial charge >= 0.3 is 0 Å². The van der Waals surface area contributed by atoms with E-state index in [1.54, 1.807) is 12.3 Å². The van der Waals surface area contributed by atoms with E-state index in [2.05, 4.69) is 23.2 Å². The Morgan fingerprint density at radius 2 is 1.60 bits per heavy atom. The normalized spacial score (nSPS) is 13.9. The van der Waals surface area contributed by atoms with Gasteiger partial charge in [0, 0.05) is 23.4 Å². The third-order valence-corrected chi connectivity index (χ3v) is 9.99. The number of fused-ring (bicyclic) bond motifs is 1. The van der Waals surface area contributed by atoms with E-state index in [0.29, 0.717) is 11.6 Å². The molecular formula is C34H30N2O4S2. The fourth-order valence-corrected chi connectivity index (χ4v) is 6.93. The summed E-state index contributed by atoms with van der Waals surface area (Å²) in [5.74, 6) is 0.573. The van der Waals surface area contributed by atoms with Crippen LogP contribution in [0.2, 0.25) is 0 Å². The van der Waals surface area contributed by atoms with Gasteiger partial charge in [-0.3, -0.25) is 9.29 Å². The summed E-state index contributed by atoms with van der Waals surface area (Å²) in [7, 11) is -7.38. The summed E-state index contributed by atoms with van der Waals surface area (Å²) in [6, 6.07) is 31.5. The van der Waals surface area contributed by atoms with Crippen LogP contribution < -0.4 is 4.31 Å². The molecule has 0 bridgehead atoms. The second kappa shape index (κ2) is 11.2. The largest absolute Gasteiger partial charge is 0.262 e. The number of anilines is 1. The maximum absolute atomic E-state index is 13.8. The second-order valence-electron chi connectivity index (χ2n) is 10.6. The van der Waals surface area contributed by atoms with Crippen LogP contribution >= 0.6 is 0 Å². The lowest BCUT2D eigenvalue weighted by molar-refractivity contribution is 0.599. The molecule has 6 nitrogen and oxygen atoms in total. The highest BCUT2D eigenvalue weighted by atomic mass is 32.2. The van der Waals surface area contributed by atoms with E-state index >= 15 is 0 Å². The third-order valence-electron chi connectivity index (χ3n) is 7.43. The van der Waals surface area contributed by atoms with Crippen molar-refractivity contribution in [1.82, 2.24) is 4.98 Å². The smallest absolute Gasteiger partial charge is 0.257 e. The van der Waals surface area contributed by atoms with Gasteiger partial charge in [0.1, 0.15) is 0 Å². The summed E-state index contributed by atoms with van der Waals surface area (Å²) in [5.41, 5.74) is 6.11. The average Bonchev–Trinajstić information content (AvgIpc) is 3.85. The molecule has 212 valence electrons. The molecule has 0 spiro atoms. The van der Waals surface area contributed by atoms with E-state index in [9.17, 15) is 16.8 Å². The number of rotatable bonds is 9. The van der Waals surface area contributed by atoms with Crippen molar-refractivity contribution in [3.05, 3.63) is 131 Å². The molecule has 0 atom stereocenters. The summed E-state index contributed by atoms with van der Waals surface area (Å²) in [6.45, 7) is 0.0567. The maximum Gasteiger partial charge on any atom is 0.257 e. The molecule has 1 fully saturated rings. The molecule has 0 N–H and O–H groups in total. The zero-order valence-electron chi connectivity index (χ0n) is 23.1. The number of hydrogen-bond donors (Lipinski definition) is 0. The third kappa shape index (κ3) is 6.15. The summed E-state index contributed by atoms with van der Waals surface area (Å²) < 4.78 is 52.9. The number of aromatic nitrogens is 1. The van der Waals surface area contributed by atoms with Crippen LogP contribution in [0, 0.1) is 0 Å². The minimum atomic E-state index is -3.95. The van der Waals surface area contributed by atoms with Gasteiger partial charge in [-0.1, -0.05) is 54.6 Å². The molecule has 8 heteroatoms. The summed E-state index contributed by atoms with van der Waals surface area (Å²) >= 11 is 0. The predicted molar refractivity (Wildman–Crippen MR) is 169 cm³/mol. The first-order valence-electron chi connectivity index (χ1n) is 13.7. The molecule has 5 aromatic rings. The van der Waals surface area contributed by atoms with Gasteiger partial charge < -0.3 is 0 Å². The van der Waals surface area contributed by atoms with Crippen molar-refractivity contribution < 1.29 is 16.8 Å². The van der Waals surface area contributed by atoms with Crippen LogP contribution in [0.3, 0.4) is 0 Å². The maximum atomic E-state index is 13.8.